The van der Waals surface area contributed by atoms with E-state index < -0.39 is 0 Å². The number of benzene rings is 1. The van der Waals surface area contributed by atoms with Crippen LogP contribution in [-0.2, 0) is 4.79 Å². The first kappa shape index (κ1) is 22.5. The molecule has 1 N–H and O–H groups in total. The van der Waals surface area contributed by atoms with Gasteiger partial charge in [0.05, 0.1) is 0 Å². The molecule has 0 saturated carbocycles. The number of aryl methyl sites for hydroxylation is 1. The minimum Gasteiger partial charge on any atom is -0.347 e. The molecule has 2 amide bonds. The normalized spacial score (nSPS) is 15.3. The maximum absolute atomic E-state index is 13.1. The third-order valence-corrected chi connectivity index (χ3v) is 5.74. The Morgan fingerprint density at radius 3 is 2.42 bits per heavy atom. The van der Waals surface area contributed by atoms with Gasteiger partial charge in [0.15, 0.2) is 5.82 Å². The van der Waals surface area contributed by atoms with Crippen LogP contribution in [-0.4, -0.2) is 85.6 Å². The van der Waals surface area contributed by atoms with E-state index in [1.807, 2.05) is 49.1 Å². The van der Waals surface area contributed by atoms with Crippen LogP contribution in [0.15, 0.2) is 42.7 Å². The third-order valence-electron chi connectivity index (χ3n) is 5.74. The molecule has 1 saturated heterocycles. The molecule has 1 atom stereocenters. The van der Waals surface area contributed by atoms with Gasteiger partial charge >= 0.3 is 0 Å². The van der Waals surface area contributed by atoms with Gasteiger partial charge in [0.2, 0.25) is 5.91 Å². The fourth-order valence-corrected chi connectivity index (χ4v) is 3.90. The summed E-state index contributed by atoms with van der Waals surface area (Å²) >= 11 is 0. The lowest BCUT2D eigenvalue weighted by Crippen LogP contribution is -2.51. The van der Waals surface area contributed by atoms with Gasteiger partial charge in [0.25, 0.3) is 5.91 Å². The van der Waals surface area contributed by atoms with Crippen LogP contribution in [0.4, 0.5) is 0 Å². The van der Waals surface area contributed by atoms with Gasteiger partial charge in [-0.2, -0.15) is 4.68 Å². The highest BCUT2D eigenvalue weighted by atomic mass is 16.2. The molecule has 1 aromatic carbocycles. The second-order valence-corrected chi connectivity index (χ2v) is 8.40. The van der Waals surface area contributed by atoms with Crippen LogP contribution in [0.3, 0.4) is 0 Å². The average molecular weight is 449 g/mol. The van der Waals surface area contributed by atoms with Gasteiger partial charge in [-0.25, -0.2) is 4.98 Å². The molecule has 0 spiro atoms. The zero-order chi connectivity index (χ0) is 23.4. The SMILES string of the molecule is CC(=O)N1CCN(CC(C)NC(=O)c2cc(-c3ccc(C)cc3)cc(-n3cnnn3)n2)CC1. The molecule has 3 aromatic rings. The van der Waals surface area contributed by atoms with Crippen molar-refractivity contribution >= 4 is 11.8 Å². The number of hydrogen-bond donors (Lipinski definition) is 1. The Labute approximate surface area is 192 Å². The molecule has 33 heavy (non-hydrogen) atoms. The Kier molecular flexibility index (Phi) is 6.74. The van der Waals surface area contributed by atoms with Crippen LogP contribution in [0.5, 0.6) is 0 Å². The number of amides is 2. The summed E-state index contributed by atoms with van der Waals surface area (Å²) in [5.74, 6) is 0.318. The summed E-state index contributed by atoms with van der Waals surface area (Å²) < 4.78 is 1.44. The molecule has 0 radical (unpaired) electrons. The number of carbonyl (C=O) groups is 2. The number of piperazine rings is 1. The Bertz CT molecular complexity index is 1110. The lowest BCUT2D eigenvalue weighted by Gasteiger charge is -2.35. The van der Waals surface area contributed by atoms with Crippen molar-refractivity contribution < 1.29 is 9.59 Å². The largest absolute Gasteiger partial charge is 0.347 e. The van der Waals surface area contributed by atoms with Crippen LogP contribution in [0.2, 0.25) is 0 Å². The summed E-state index contributed by atoms with van der Waals surface area (Å²) in [5, 5.41) is 14.3. The van der Waals surface area contributed by atoms with E-state index in [1.165, 1.54) is 11.0 Å². The fourth-order valence-electron chi connectivity index (χ4n) is 3.90. The van der Waals surface area contributed by atoms with Crippen LogP contribution < -0.4 is 5.32 Å². The summed E-state index contributed by atoms with van der Waals surface area (Å²) in [7, 11) is 0. The number of tetrazole rings is 1. The Balaban J connectivity index is 1.49. The molecule has 0 aliphatic carbocycles. The highest BCUT2D eigenvalue weighted by Crippen LogP contribution is 2.23. The van der Waals surface area contributed by atoms with E-state index in [0.29, 0.717) is 31.1 Å². The summed E-state index contributed by atoms with van der Waals surface area (Å²) in [4.78, 5) is 33.2. The van der Waals surface area contributed by atoms with Crippen molar-refractivity contribution in [2.45, 2.75) is 26.8 Å². The highest BCUT2D eigenvalue weighted by molar-refractivity contribution is 5.94. The first-order chi connectivity index (χ1) is 15.9. The van der Waals surface area contributed by atoms with Gasteiger partial charge in [0, 0.05) is 45.7 Å². The van der Waals surface area contributed by atoms with Gasteiger partial charge in [-0.3, -0.25) is 14.5 Å². The topological polar surface area (TPSA) is 109 Å². The van der Waals surface area contributed by atoms with Crippen molar-refractivity contribution in [1.82, 2.24) is 40.3 Å². The molecular formula is C23H28N8O2. The van der Waals surface area contributed by atoms with Crippen LogP contribution in [0, 0.1) is 6.92 Å². The third kappa shape index (κ3) is 5.58. The first-order valence-electron chi connectivity index (χ1n) is 11.0. The van der Waals surface area contributed by atoms with Crippen molar-refractivity contribution in [2.24, 2.45) is 0 Å². The molecular weight excluding hydrogens is 420 g/mol. The predicted molar refractivity (Wildman–Crippen MR) is 123 cm³/mol. The second kappa shape index (κ2) is 9.86. The molecule has 3 heterocycles. The fraction of sp³-hybridized carbons (Fsp3) is 0.391. The van der Waals surface area contributed by atoms with Crippen LogP contribution >= 0.6 is 0 Å². The van der Waals surface area contributed by atoms with E-state index in [2.05, 4.69) is 30.7 Å². The van der Waals surface area contributed by atoms with E-state index in [-0.39, 0.29) is 17.9 Å². The van der Waals surface area contributed by atoms with E-state index in [4.69, 9.17) is 0 Å². The van der Waals surface area contributed by atoms with Crippen LogP contribution in [0.25, 0.3) is 16.9 Å². The molecule has 0 bridgehead atoms. The number of carbonyl (C=O) groups excluding carboxylic acids is 2. The van der Waals surface area contributed by atoms with Crippen LogP contribution in [0.1, 0.15) is 29.9 Å². The Hall–Kier alpha value is -3.66. The average Bonchev–Trinajstić information content (AvgIpc) is 3.34. The van der Waals surface area contributed by atoms with Gasteiger partial charge in [-0.15, -0.1) is 5.10 Å². The van der Waals surface area contributed by atoms with E-state index in [9.17, 15) is 9.59 Å². The second-order valence-electron chi connectivity index (χ2n) is 8.40. The Morgan fingerprint density at radius 1 is 1.06 bits per heavy atom. The maximum atomic E-state index is 13.1. The number of nitrogens with one attached hydrogen (secondary N) is 1. The number of nitrogens with zero attached hydrogens (tertiary/aromatic N) is 7. The summed E-state index contributed by atoms with van der Waals surface area (Å²) in [6.07, 6.45) is 1.45. The lowest BCUT2D eigenvalue weighted by molar-refractivity contribution is -0.130. The first-order valence-corrected chi connectivity index (χ1v) is 11.0. The van der Waals surface area contributed by atoms with Crippen molar-refractivity contribution in [2.75, 3.05) is 32.7 Å². The van der Waals surface area contributed by atoms with Crippen molar-refractivity contribution in [3.8, 4) is 16.9 Å². The Morgan fingerprint density at radius 2 is 1.79 bits per heavy atom. The van der Waals surface area contributed by atoms with Crippen molar-refractivity contribution in [3.63, 3.8) is 0 Å². The molecule has 10 heteroatoms. The highest BCUT2D eigenvalue weighted by Gasteiger charge is 2.21. The minimum atomic E-state index is -0.256. The zero-order valence-electron chi connectivity index (χ0n) is 19.1. The van der Waals surface area contributed by atoms with Gasteiger partial charge in [-0.1, -0.05) is 29.8 Å². The predicted octanol–water partition coefficient (Wildman–Crippen LogP) is 1.32. The standard InChI is InChI=1S/C23H28N8O2/c1-16-4-6-19(7-5-16)20-12-21(26-22(13-20)31-15-24-27-28-31)23(33)25-17(2)14-29-8-10-30(11-9-29)18(3)32/h4-7,12-13,15,17H,8-11,14H2,1-3H3,(H,25,33). The molecule has 2 aromatic heterocycles. The number of hydrogen-bond acceptors (Lipinski definition) is 7. The van der Waals surface area contributed by atoms with Gasteiger partial charge in [0.1, 0.15) is 12.0 Å². The monoisotopic (exact) mass is 448 g/mol. The number of pyridine rings is 1. The quantitative estimate of drug-likeness (QED) is 0.606. The molecule has 1 aliphatic rings. The smallest absolute Gasteiger partial charge is 0.270 e. The summed E-state index contributed by atoms with van der Waals surface area (Å²) in [6, 6.07) is 11.6. The van der Waals surface area contributed by atoms with Crippen molar-refractivity contribution in [3.05, 3.63) is 54.0 Å². The van der Waals surface area contributed by atoms with E-state index >= 15 is 0 Å². The van der Waals surface area contributed by atoms with Gasteiger partial charge in [-0.05, 0) is 47.5 Å². The zero-order valence-corrected chi connectivity index (χ0v) is 19.1. The molecule has 10 nitrogen and oxygen atoms in total. The molecule has 172 valence electrons. The summed E-state index contributed by atoms with van der Waals surface area (Å²) in [6.45, 7) is 9.32. The molecule has 1 unspecified atom stereocenters. The van der Waals surface area contributed by atoms with E-state index in [1.54, 1.807) is 13.0 Å². The molecule has 1 aliphatic heterocycles. The number of aromatic nitrogens is 5. The van der Waals surface area contributed by atoms with Crippen molar-refractivity contribution in [1.29, 1.82) is 0 Å². The maximum Gasteiger partial charge on any atom is 0.270 e. The lowest BCUT2D eigenvalue weighted by atomic mass is 10.0. The van der Waals surface area contributed by atoms with Gasteiger partial charge < -0.3 is 10.2 Å². The number of rotatable bonds is 6. The molecule has 4 rings (SSSR count). The van der Waals surface area contributed by atoms with E-state index in [0.717, 1.165) is 29.8 Å². The molecule has 1 fully saturated rings. The minimum absolute atomic E-state index is 0.0808. The summed E-state index contributed by atoms with van der Waals surface area (Å²) in [5.41, 5.74) is 3.28.